The number of hydrogen-bond donors (Lipinski definition) is 1. The summed E-state index contributed by atoms with van der Waals surface area (Å²) in [6.45, 7) is 3.58. The summed E-state index contributed by atoms with van der Waals surface area (Å²) in [4.78, 5) is 22.8. The summed E-state index contributed by atoms with van der Waals surface area (Å²) in [5, 5.41) is 9.19. The third-order valence-electron chi connectivity index (χ3n) is 3.04. The fourth-order valence-electron chi connectivity index (χ4n) is 1.82. The van der Waals surface area contributed by atoms with Crippen LogP contribution in [-0.4, -0.2) is 23.7 Å². The molecule has 23 heavy (non-hydrogen) atoms. The predicted octanol–water partition coefficient (Wildman–Crippen LogP) is 2.88. The zero-order chi connectivity index (χ0) is 16.7. The fraction of sp³-hybridized carbons (Fsp3) is 0.111. The molecule has 0 aliphatic heterocycles. The van der Waals surface area contributed by atoms with Crippen LogP contribution in [0.4, 0.5) is 0 Å². The van der Waals surface area contributed by atoms with Gasteiger partial charge < -0.3 is 14.6 Å². The molecule has 0 bridgehead atoms. The van der Waals surface area contributed by atoms with E-state index in [1.807, 2.05) is 0 Å². The zero-order valence-electron chi connectivity index (χ0n) is 12.4. The van der Waals surface area contributed by atoms with Crippen LogP contribution in [0.5, 0.6) is 11.5 Å². The lowest BCUT2D eigenvalue weighted by Crippen LogP contribution is -2.08. The molecule has 1 N–H and O–H groups in total. The third kappa shape index (κ3) is 5.00. The van der Waals surface area contributed by atoms with E-state index in [1.165, 1.54) is 24.3 Å². The molecular weight excluding hydrogens is 296 g/mol. The summed E-state index contributed by atoms with van der Waals surface area (Å²) in [7, 11) is 0. The highest BCUT2D eigenvalue weighted by Gasteiger charge is 2.08. The Bertz CT molecular complexity index is 686. The fourth-order valence-corrected chi connectivity index (χ4v) is 1.82. The molecule has 0 heterocycles. The minimum Gasteiger partial charge on any atom is -0.508 e. The van der Waals surface area contributed by atoms with Crippen LogP contribution in [0.1, 0.15) is 15.9 Å². The predicted molar refractivity (Wildman–Crippen MR) is 84.4 cm³/mol. The minimum atomic E-state index is -0.502. The maximum atomic E-state index is 11.9. The van der Waals surface area contributed by atoms with Crippen molar-refractivity contribution in [1.82, 2.24) is 0 Å². The molecule has 0 unspecified atom stereocenters. The Balaban J connectivity index is 1.89. The lowest BCUT2D eigenvalue weighted by Gasteiger charge is -2.06. The van der Waals surface area contributed by atoms with Gasteiger partial charge in [-0.15, -0.1) is 0 Å². The van der Waals surface area contributed by atoms with Gasteiger partial charge in [-0.05, 0) is 42.0 Å². The van der Waals surface area contributed by atoms with Crippen LogP contribution in [-0.2, 0) is 16.0 Å². The van der Waals surface area contributed by atoms with Crippen LogP contribution in [0.2, 0.25) is 0 Å². The summed E-state index contributed by atoms with van der Waals surface area (Å²) in [5.41, 5.74) is 1.30. The smallest absolute Gasteiger partial charge is 0.343 e. The van der Waals surface area contributed by atoms with Gasteiger partial charge in [-0.3, -0.25) is 0 Å². The molecule has 0 atom stereocenters. The Morgan fingerprint density at radius 3 is 2.30 bits per heavy atom. The van der Waals surface area contributed by atoms with Crippen molar-refractivity contribution in [2.24, 2.45) is 0 Å². The van der Waals surface area contributed by atoms with Crippen molar-refractivity contribution in [3.63, 3.8) is 0 Å². The summed E-state index contributed by atoms with van der Waals surface area (Å²) >= 11 is 0. The van der Waals surface area contributed by atoms with E-state index in [1.54, 1.807) is 24.3 Å². The molecule has 0 fully saturated rings. The number of ether oxygens (including phenoxy) is 2. The van der Waals surface area contributed by atoms with E-state index >= 15 is 0 Å². The van der Waals surface area contributed by atoms with Crippen LogP contribution < -0.4 is 4.74 Å². The first-order valence-electron chi connectivity index (χ1n) is 6.98. The number of esters is 2. The molecule has 5 heteroatoms. The first kappa shape index (κ1) is 16.3. The summed E-state index contributed by atoms with van der Waals surface area (Å²) < 4.78 is 10.1. The number of carbonyl (C=O) groups excluding carboxylic acids is 2. The van der Waals surface area contributed by atoms with Crippen LogP contribution in [0.15, 0.2) is 61.2 Å². The van der Waals surface area contributed by atoms with E-state index < -0.39 is 11.9 Å². The molecule has 2 aromatic rings. The number of phenols is 1. The van der Waals surface area contributed by atoms with Crippen LogP contribution in [0, 0.1) is 0 Å². The van der Waals surface area contributed by atoms with Crippen molar-refractivity contribution in [3.8, 4) is 11.5 Å². The lowest BCUT2D eigenvalue weighted by molar-refractivity contribution is -0.137. The summed E-state index contributed by atoms with van der Waals surface area (Å²) in [6.07, 6.45) is 1.68. The van der Waals surface area contributed by atoms with Crippen molar-refractivity contribution < 1.29 is 24.2 Å². The second kappa shape index (κ2) is 7.79. The Morgan fingerprint density at radius 1 is 1.04 bits per heavy atom. The monoisotopic (exact) mass is 312 g/mol. The van der Waals surface area contributed by atoms with E-state index in [0.29, 0.717) is 17.7 Å². The number of benzene rings is 2. The number of rotatable bonds is 6. The van der Waals surface area contributed by atoms with Crippen LogP contribution in [0.3, 0.4) is 0 Å². The maximum Gasteiger partial charge on any atom is 0.343 e. The van der Waals surface area contributed by atoms with E-state index in [-0.39, 0.29) is 12.4 Å². The molecule has 5 nitrogen and oxygen atoms in total. The molecule has 2 rings (SSSR count). The quantitative estimate of drug-likeness (QED) is 0.504. The third-order valence-corrected chi connectivity index (χ3v) is 3.04. The lowest BCUT2D eigenvalue weighted by atomic mass is 10.1. The molecular formula is C18H16O5. The van der Waals surface area contributed by atoms with Crippen molar-refractivity contribution in [2.75, 3.05) is 6.61 Å². The molecule has 0 aliphatic rings. The Morgan fingerprint density at radius 2 is 1.70 bits per heavy atom. The molecule has 0 saturated heterocycles. The first-order valence-corrected chi connectivity index (χ1v) is 6.98. The average Bonchev–Trinajstić information content (AvgIpc) is 2.56. The highest BCUT2D eigenvalue weighted by Crippen LogP contribution is 2.16. The van der Waals surface area contributed by atoms with Crippen molar-refractivity contribution in [3.05, 3.63) is 72.3 Å². The van der Waals surface area contributed by atoms with Crippen molar-refractivity contribution in [1.29, 1.82) is 0 Å². The molecule has 0 radical (unpaired) electrons. The zero-order valence-corrected chi connectivity index (χ0v) is 12.4. The van der Waals surface area contributed by atoms with Gasteiger partial charge in [0.15, 0.2) is 0 Å². The average molecular weight is 312 g/mol. The maximum absolute atomic E-state index is 11.9. The van der Waals surface area contributed by atoms with Gasteiger partial charge in [-0.25, -0.2) is 9.59 Å². The number of aromatic hydroxyl groups is 1. The number of hydrogen-bond acceptors (Lipinski definition) is 5. The standard InChI is InChI=1S/C18H16O5/c1-2-17(20)22-12-11-13-3-9-16(10-4-13)23-18(21)14-5-7-15(19)8-6-14/h2-10,19H,1,11-12H2. The van der Waals surface area contributed by atoms with E-state index in [2.05, 4.69) is 6.58 Å². The molecule has 0 saturated carbocycles. The molecule has 0 aliphatic carbocycles. The molecule has 118 valence electrons. The van der Waals surface area contributed by atoms with Gasteiger partial charge in [0, 0.05) is 12.5 Å². The topological polar surface area (TPSA) is 72.8 Å². The Kier molecular flexibility index (Phi) is 5.52. The molecule has 0 aromatic heterocycles. The van der Waals surface area contributed by atoms with Gasteiger partial charge in [-0.2, -0.15) is 0 Å². The highest BCUT2D eigenvalue weighted by atomic mass is 16.5. The van der Waals surface area contributed by atoms with Gasteiger partial charge in [-0.1, -0.05) is 18.7 Å². The molecule has 0 amide bonds. The van der Waals surface area contributed by atoms with E-state index in [9.17, 15) is 14.7 Å². The largest absolute Gasteiger partial charge is 0.508 e. The second-order valence-corrected chi connectivity index (χ2v) is 4.70. The minimum absolute atomic E-state index is 0.0862. The Labute approximate surface area is 133 Å². The van der Waals surface area contributed by atoms with Gasteiger partial charge >= 0.3 is 11.9 Å². The van der Waals surface area contributed by atoms with Gasteiger partial charge in [0.25, 0.3) is 0 Å². The van der Waals surface area contributed by atoms with Crippen LogP contribution in [0.25, 0.3) is 0 Å². The van der Waals surface area contributed by atoms with Crippen molar-refractivity contribution >= 4 is 11.9 Å². The van der Waals surface area contributed by atoms with E-state index in [0.717, 1.165) is 11.6 Å². The normalized spacial score (nSPS) is 9.91. The highest BCUT2D eigenvalue weighted by molar-refractivity contribution is 5.91. The van der Waals surface area contributed by atoms with Gasteiger partial charge in [0.1, 0.15) is 11.5 Å². The molecule has 0 spiro atoms. The van der Waals surface area contributed by atoms with E-state index in [4.69, 9.17) is 9.47 Å². The van der Waals surface area contributed by atoms with Crippen LogP contribution >= 0.6 is 0 Å². The number of carbonyl (C=O) groups is 2. The number of phenolic OH excluding ortho intramolecular Hbond substituents is 1. The SMILES string of the molecule is C=CC(=O)OCCc1ccc(OC(=O)c2ccc(O)cc2)cc1. The summed E-state index contributed by atoms with van der Waals surface area (Å²) in [6, 6.07) is 12.7. The Hall–Kier alpha value is -3.08. The second-order valence-electron chi connectivity index (χ2n) is 4.70. The first-order chi connectivity index (χ1) is 11.1. The van der Waals surface area contributed by atoms with Gasteiger partial charge in [0.2, 0.25) is 0 Å². The van der Waals surface area contributed by atoms with Crippen molar-refractivity contribution in [2.45, 2.75) is 6.42 Å². The van der Waals surface area contributed by atoms with Gasteiger partial charge in [0.05, 0.1) is 12.2 Å². The summed E-state index contributed by atoms with van der Waals surface area (Å²) in [5.74, 6) is -0.458. The molecule has 2 aromatic carbocycles.